The van der Waals surface area contributed by atoms with Crippen LogP contribution in [0.2, 0.25) is 5.02 Å². The molecule has 0 spiro atoms. The molecule has 0 aromatic carbocycles. The van der Waals surface area contributed by atoms with Crippen molar-refractivity contribution in [2.45, 2.75) is 6.92 Å². The molecular weight excluding hydrogens is 256 g/mol. The molecule has 2 heterocycles. The molecule has 0 saturated heterocycles. The Labute approximate surface area is 109 Å². The fraction of sp³-hybridized carbons (Fsp3) is 0.250. The van der Waals surface area contributed by atoms with Crippen molar-refractivity contribution in [2.75, 3.05) is 13.7 Å². The third-order valence-electron chi connectivity index (χ3n) is 2.33. The predicted molar refractivity (Wildman–Crippen MR) is 67.1 cm³/mol. The van der Waals surface area contributed by atoms with Crippen molar-refractivity contribution in [3.63, 3.8) is 0 Å². The van der Waals surface area contributed by atoms with Crippen molar-refractivity contribution < 1.29 is 14.3 Å². The topological polar surface area (TPSA) is 61.3 Å². The number of halogens is 1. The van der Waals surface area contributed by atoms with Crippen LogP contribution in [-0.4, -0.2) is 29.7 Å². The molecule has 0 unspecified atom stereocenters. The maximum atomic E-state index is 11.7. The van der Waals surface area contributed by atoms with E-state index in [1.807, 2.05) is 0 Å². The summed E-state index contributed by atoms with van der Waals surface area (Å²) in [6.07, 6.45) is 1.39. The Morgan fingerprint density at radius 2 is 2.22 bits per heavy atom. The molecule has 0 amide bonds. The maximum Gasteiger partial charge on any atom is 0.341 e. The molecule has 94 valence electrons. The first-order chi connectivity index (χ1) is 8.67. The van der Waals surface area contributed by atoms with Crippen LogP contribution in [0.3, 0.4) is 0 Å². The van der Waals surface area contributed by atoms with Crippen molar-refractivity contribution in [3.8, 4) is 5.88 Å². The molecule has 0 aliphatic rings. The molecular formula is C12H11ClN2O3. The number of fused-ring (bicyclic) bond motifs is 1. The van der Waals surface area contributed by atoms with E-state index >= 15 is 0 Å². The Hall–Kier alpha value is -1.88. The van der Waals surface area contributed by atoms with Gasteiger partial charge in [0, 0.05) is 12.3 Å². The lowest BCUT2D eigenvalue weighted by atomic mass is 10.2. The monoisotopic (exact) mass is 266 g/mol. The fourth-order valence-electron chi connectivity index (χ4n) is 1.48. The van der Waals surface area contributed by atoms with Gasteiger partial charge in [0.2, 0.25) is 5.88 Å². The normalized spacial score (nSPS) is 10.4. The summed E-state index contributed by atoms with van der Waals surface area (Å²) in [6.45, 7) is 2.00. The Morgan fingerprint density at radius 1 is 1.44 bits per heavy atom. The molecule has 0 N–H and O–H groups in total. The maximum absolute atomic E-state index is 11.7. The van der Waals surface area contributed by atoms with Gasteiger partial charge in [-0.25, -0.2) is 9.78 Å². The highest BCUT2D eigenvalue weighted by molar-refractivity contribution is 6.37. The number of hydrogen-bond donors (Lipinski definition) is 0. The summed E-state index contributed by atoms with van der Waals surface area (Å²) in [5.74, 6) is -0.103. The first-order valence-corrected chi connectivity index (χ1v) is 5.71. The van der Waals surface area contributed by atoms with Crippen LogP contribution >= 0.6 is 11.6 Å². The molecule has 2 rings (SSSR count). The Bertz CT molecular complexity index is 601. The van der Waals surface area contributed by atoms with Crippen LogP contribution in [0.15, 0.2) is 18.3 Å². The molecule has 5 nitrogen and oxygen atoms in total. The average Bonchev–Trinajstić information content (AvgIpc) is 2.39. The van der Waals surface area contributed by atoms with Crippen LogP contribution in [0, 0.1) is 0 Å². The highest BCUT2D eigenvalue weighted by atomic mass is 35.5. The Kier molecular flexibility index (Phi) is 3.62. The highest BCUT2D eigenvalue weighted by Gasteiger charge is 2.16. The van der Waals surface area contributed by atoms with Gasteiger partial charge in [0.1, 0.15) is 5.52 Å². The van der Waals surface area contributed by atoms with E-state index in [2.05, 4.69) is 9.97 Å². The predicted octanol–water partition coefficient (Wildman–Crippen LogP) is 2.47. The molecule has 0 atom stereocenters. The molecule has 0 radical (unpaired) electrons. The fourth-order valence-corrected chi connectivity index (χ4v) is 1.75. The minimum Gasteiger partial charge on any atom is -0.481 e. The van der Waals surface area contributed by atoms with Gasteiger partial charge in [-0.2, -0.15) is 0 Å². The number of carbonyl (C=O) groups is 1. The molecule has 0 aliphatic carbocycles. The van der Waals surface area contributed by atoms with E-state index < -0.39 is 5.97 Å². The third kappa shape index (κ3) is 2.22. The first-order valence-electron chi connectivity index (χ1n) is 5.33. The Balaban J connectivity index is 2.58. The first kappa shape index (κ1) is 12.6. The largest absolute Gasteiger partial charge is 0.481 e. The van der Waals surface area contributed by atoms with Gasteiger partial charge in [-0.3, -0.25) is 4.98 Å². The lowest BCUT2D eigenvalue weighted by Crippen LogP contribution is -2.06. The summed E-state index contributed by atoms with van der Waals surface area (Å²) in [7, 11) is 1.50. The van der Waals surface area contributed by atoms with Gasteiger partial charge in [0.25, 0.3) is 0 Å². The van der Waals surface area contributed by atoms with Crippen molar-refractivity contribution in [3.05, 3.63) is 28.9 Å². The van der Waals surface area contributed by atoms with Crippen molar-refractivity contribution >= 4 is 28.6 Å². The summed E-state index contributed by atoms with van der Waals surface area (Å²) < 4.78 is 9.90. The van der Waals surface area contributed by atoms with Gasteiger partial charge in [-0.1, -0.05) is 11.6 Å². The van der Waals surface area contributed by atoms with E-state index in [1.54, 1.807) is 19.1 Å². The standard InChI is InChI=1S/C12H11ClN2O3/c1-3-18-12(16)7-6-14-8-4-5-9(17-2)15-11(8)10(7)13/h4-6H,3H2,1-2H3. The number of hydrogen-bond acceptors (Lipinski definition) is 5. The van der Waals surface area contributed by atoms with Gasteiger partial charge in [0.05, 0.1) is 29.8 Å². The number of nitrogens with zero attached hydrogens (tertiary/aromatic N) is 2. The third-order valence-corrected chi connectivity index (χ3v) is 2.71. The summed E-state index contributed by atoms with van der Waals surface area (Å²) in [6, 6.07) is 3.40. The lowest BCUT2D eigenvalue weighted by molar-refractivity contribution is 0.0526. The van der Waals surface area contributed by atoms with E-state index in [0.29, 0.717) is 16.9 Å². The molecule has 0 aliphatic heterocycles. The number of esters is 1. The average molecular weight is 267 g/mol. The van der Waals surface area contributed by atoms with Crippen LogP contribution in [0.1, 0.15) is 17.3 Å². The van der Waals surface area contributed by atoms with Crippen LogP contribution in [0.25, 0.3) is 11.0 Å². The SMILES string of the molecule is CCOC(=O)c1cnc2ccc(OC)nc2c1Cl. The number of pyridine rings is 2. The van der Waals surface area contributed by atoms with Gasteiger partial charge in [-0.05, 0) is 13.0 Å². The van der Waals surface area contributed by atoms with Gasteiger partial charge < -0.3 is 9.47 Å². The number of ether oxygens (including phenoxy) is 2. The second-order valence-corrected chi connectivity index (χ2v) is 3.81. The van der Waals surface area contributed by atoms with Crippen LogP contribution in [-0.2, 0) is 4.74 Å². The number of rotatable bonds is 3. The Morgan fingerprint density at radius 3 is 2.89 bits per heavy atom. The van der Waals surface area contributed by atoms with Gasteiger partial charge in [0.15, 0.2) is 0 Å². The minimum absolute atomic E-state index is 0.201. The second kappa shape index (κ2) is 5.18. The van der Waals surface area contributed by atoms with Gasteiger partial charge >= 0.3 is 5.97 Å². The molecule has 2 aromatic heterocycles. The van der Waals surface area contributed by atoms with E-state index in [-0.39, 0.29) is 17.2 Å². The smallest absolute Gasteiger partial charge is 0.341 e. The van der Waals surface area contributed by atoms with E-state index in [1.165, 1.54) is 13.3 Å². The lowest BCUT2D eigenvalue weighted by Gasteiger charge is -2.07. The van der Waals surface area contributed by atoms with Crippen LogP contribution < -0.4 is 4.74 Å². The summed E-state index contributed by atoms with van der Waals surface area (Å²) in [5, 5.41) is 0.220. The minimum atomic E-state index is -0.512. The van der Waals surface area contributed by atoms with Crippen molar-refractivity contribution in [2.24, 2.45) is 0 Å². The number of carbonyl (C=O) groups excluding carboxylic acids is 1. The van der Waals surface area contributed by atoms with E-state index in [0.717, 1.165) is 0 Å². The van der Waals surface area contributed by atoms with Crippen LogP contribution in [0.4, 0.5) is 0 Å². The summed E-state index contributed by atoms with van der Waals surface area (Å²) in [5.41, 5.74) is 1.21. The van der Waals surface area contributed by atoms with E-state index in [4.69, 9.17) is 21.1 Å². The highest BCUT2D eigenvalue weighted by Crippen LogP contribution is 2.26. The van der Waals surface area contributed by atoms with Gasteiger partial charge in [-0.15, -0.1) is 0 Å². The number of methoxy groups -OCH3 is 1. The zero-order valence-electron chi connectivity index (χ0n) is 9.94. The zero-order valence-corrected chi connectivity index (χ0v) is 10.7. The molecule has 18 heavy (non-hydrogen) atoms. The molecule has 0 saturated carbocycles. The molecule has 0 bridgehead atoms. The van der Waals surface area contributed by atoms with Crippen molar-refractivity contribution in [1.29, 1.82) is 0 Å². The number of aromatic nitrogens is 2. The molecule has 0 fully saturated rings. The molecule has 6 heteroatoms. The molecule has 2 aromatic rings. The van der Waals surface area contributed by atoms with Crippen molar-refractivity contribution in [1.82, 2.24) is 9.97 Å². The van der Waals surface area contributed by atoms with Crippen LogP contribution in [0.5, 0.6) is 5.88 Å². The summed E-state index contributed by atoms with van der Waals surface area (Å²) >= 11 is 6.14. The summed E-state index contributed by atoms with van der Waals surface area (Å²) in [4.78, 5) is 19.9. The zero-order chi connectivity index (χ0) is 13.1. The quantitative estimate of drug-likeness (QED) is 0.799. The van der Waals surface area contributed by atoms with E-state index in [9.17, 15) is 4.79 Å². The second-order valence-electron chi connectivity index (χ2n) is 3.43.